The Kier molecular flexibility index (Phi) is 7.74. The number of amidine groups is 1. The number of hydrogen-bond donors (Lipinski definition) is 2. The van der Waals surface area contributed by atoms with Crippen molar-refractivity contribution in [1.29, 1.82) is 0 Å². The van der Waals surface area contributed by atoms with Crippen molar-refractivity contribution in [1.82, 2.24) is 5.32 Å². The van der Waals surface area contributed by atoms with Gasteiger partial charge in [0.2, 0.25) is 0 Å². The van der Waals surface area contributed by atoms with Crippen molar-refractivity contribution < 1.29 is 4.42 Å². The first-order valence-corrected chi connectivity index (χ1v) is 9.91. The first-order chi connectivity index (χ1) is 13.7. The van der Waals surface area contributed by atoms with E-state index in [9.17, 15) is 0 Å². The second-order valence-corrected chi connectivity index (χ2v) is 7.59. The fourth-order valence-electron chi connectivity index (χ4n) is 2.88. The van der Waals surface area contributed by atoms with Crippen LogP contribution in [0.1, 0.15) is 44.8 Å². The molecule has 0 fully saturated rings. The number of hydrogen-bond acceptors (Lipinski definition) is 3. The molecule has 0 radical (unpaired) electrons. The Balaban J connectivity index is 2.33. The van der Waals surface area contributed by atoms with Crippen molar-refractivity contribution in [3.63, 3.8) is 0 Å². The van der Waals surface area contributed by atoms with Crippen molar-refractivity contribution in [2.75, 3.05) is 0 Å². The average molecular weight is 408 g/mol. The molecule has 0 saturated heterocycles. The number of thiocarbonyl (C=S) groups is 1. The van der Waals surface area contributed by atoms with E-state index in [1.807, 2.05) is 38.1 Å². The summed E-state index contributed by atoms with van der Waals surface area (Å²) in [6, 6.07) is 12.1. The summed E-state index contributed by atoms with van der Waals surface area (Å²) >= 11 is 5.02. The Bertz CT molecular complexity index is 954. The van der Waals surface area contributed by atoms with Gasteiger partial charge >= 0.3 is 0 Å². The Morgan fingerprint density at radius 1 is 1.24 bits per heavy atom. The van der Waals surface area contributed by atoms with Crippen molar-refractivity contribution in [3.05, 3.63) is 78.8 Å². The first kappa shape index (κ1) is 22.4. The Hall–Kier alpha value is -2.92. The third-order valence-electron chi connectivity index (χ3n) is 4.60. The van der Waals surface area contributed by atoms with Crippen LogP contribution in [0.3, 0.4) is 0 Å². The van der Waals surface area contributed by atoms with Gasteiger partial charge in [-0.05, 0) is 43.4 Å². The van der Waals surface area contributed by atoms with E-state index >= 15 is 0 Å². The molecule has 0 amide bonds. The molecule has 0 aliphatic heterocycles. The topological polar surface area (TPSA) is 63.5 Å². The van der Waals surface area contributed by atoms with Gasteiger partial charge in [0.25, 0.3) is 0 Å². The van der Waals surface area contributed by atoms with E-state index < -0.39 is 0 Å². The van der Waals surface area contributed by atoms with Crippen molar-refractivity contribution in [2.45, 2.75) is 33.7 Å². The molecule has 29 heavy (non-hydrogen) atoms. The maximum atomic E-state index is 5.71. The average Bonchev–Trinajstić information content (AvgIpc) is 3.11. The Labute approximate surface area is 178 Å². The lowest BCUT2D eigenvalue weighted by molar-refractivity contribution is 0.545. The molecule has 0 bridgehead atoms. The minimum Gasteiger partial charge on any atom is -0.452 e. The molecule has 0 spiro atoms. The number of furan rings is 1. The SMILES string of the molecule is C=CC(C)C(/C=C(\C)c1ccccc1)N/C(C)=N/c1cc(C(N)=S)oc1C(=C)C. The lowest BCUT2D eigenvalue weighted by Gasteiger charge is -2.22. The highest BCUT2D eigenvalue weighted by molar-refractivity contribution is 7.80. The fraction of sp³-hybridized carbons (Fsp3) is 0.250. The van der Waals surface area contributed by atoms with E-state index in [2.05, 4.69) is 50.5 Å². The van der Waals surface area contributed by atoms with Gasteiger partial charge < -0.3 is 15.5 Å². The fourth-order valence-corrected chi connectivity index (χ4v) is 2.98. The summed E-state index contributed by atoms with van der Waals surface area (Å²) in [5, 5.41) is 3.49. The highest BCUT2D eigenvalue weighted by Crippen LogP contribution is 2.29. The van der Waals surface area contributed by atoms with E-state index in [1.54, 1.807) is 6.07 Å². The monoisotopic (exact) mass is 407 g/mol. The minimum atomic E-state index is 0.0340. The molecule has 2 atom stereocenters. The number of nitrogens with zero attached hydrogens (tertiary/aromatic N) is 1. The molecule has 2 aromatic rings. The van der Waals surface area contributed by atoms with Crippen LogP contribution in [0.2, 0.25) is 0 Å². The first-order valence-electron chi connectivity index (χ1n) is 9.50. The summed E-state index contributed by atoms with van der Waals surface area (Å²) in [6.45, 7) is 15.9. The molecular weight excluding hydrogens is 378 g/mol. The zero-order valence-electron chi connectivity index (χ0n) is 17.5. The molecule has 1 aromatic carbocycles. The van der Waals surface area contributed by atoms with Crippen molar-refractivity contribution >= 4 is 39.9 Å². The molecule has 1 aromatic heterocycles. The lowest BCUT2D eigenvalue weighted by atomic mass is 9.97. The summed E-state index contributed by atoms with van der Waals surface area (Å²) in [5.41, 5.74) is 9.48. The third kappa shape index (κ3) is 6.03. The number of allylic oxidation sites excluding steroid dienone is 2. The van der Waals surface area contributed by atoms with E-state index in [4.69, 9.17) is 27.4 Å². The van der Waals surface area contributed by atoms with Gasteiger partial charge in [-0.2, -0.15) is 0 Å². The second kappa shape index (κ2) is 10.0. The summed E-state index contributed by atoms with van der Waals surface area (Å²) in [5.74, 6) is 1.97. The predicted octanol–water partition coefficient (Wildman–Crippen LogP) is 5.88. The molecule has 5 heteroatoms. The van der Waals surface area contributed by atoms with Gasteiger partial charge in [0.05, 0.1) is 11.9 Å². The molecular formula is C24H29N3OS. The van der Waals surface area contributed by atoms with Crippen LogP contribution in [0, 0.1) is 5.92 Å². The van der Waals surface area contributed by atoms with Gasteiger partial charge in [0, 0.05) is 6.07 Å². The standard InChI is InChI=1S/C24H29N3OS/c1-7-16(4)20(13-17(5)19-11-9-8-10-12-19)26-18(6)27-21-14-22(24(25)29)28-23(21)15(2)3/h7-14,16,20H,1-2H2,3-6H3,(H2,25,29)(H,26,27)/b17-13+. The summed E-state index contributed by atoms with van der Waals surface area (Å²) < 4.78 is 5.71. The molecule has 1 heterocycles. The molecule has 152 valence electrons. The normalized spacial score (nSPS) is 14.2. The quantitative estimate of drug-likeness (QED) is 0.248. The number of nitrogens with two attached hydrogens (primary N) is 1. The smallest absolute Gasteiger partial charge is 0.163 e. The highest BCUT2D eigenvalue weighted by atomic mass is 32.1. The predicted molar refractivity (Wildman–Crippen MR) is 128 cm³/mol. The van der Waals surface area contributed by atoms with Gasteiger partial charge in [0.15, 0.2) is 11.5 Å². The van der Waals surface area contributed by atoms with E-state index in [1.165, 1.54) is 11.1 Å². The highest BCUT2D eigenvalue weighted by Gasteiger charge is 2.16. The van der Waals surface area contributed by atoms with Crippen LogP contribution < -0.4 is 11.1 Å². The van der Waals surface area contributed by atoms with Crippen LogP contribution in [0.25, 0.3) is 11.1 Å². The van der Waals surface area contributed by atoms with E-state index in [0.717, 1.165) is 11.4 Å². The molecule has 2 rings (SSSR count). The van der Waals surface area contributed by atoms with Gasteiger partial charge in [-0.15, -0.1) is 6.58 Å². The molecule has 0 aliphatic carbocycles. The summed E-state index contributed by atoms with van der Waals surface area (Å²) in [6.07, 6.45) is 4.14. The summed E-state index contributed by atoms with van der Waals surface area (Å²) in [4.78, 5) is 4.89. The van der Waals surface area contributed by atoms with E-state index in [-0.39, 0.29) is 16.9 Å². The lowest BCUT2D eigenvalue weighted by Crippen LogP contribution is -2.36. The number of nitrogens with one attached hydrogen (secondary N) is 1. The maximum Gasteiger partial charge on any atom is 0.163 e. The van der Waals surface area contributed by atoms with Crippen molar-refractivity contribution in [2.24, 2.45) is 16.6 Å². The van der Waals surface area contributed by atoms with Crippen LogP contribution in [-0.2, 0) is 0 Å². The maximum absolute atomic E-state index is 5.71. The molecule has 0 aliphatic rings. The van der Waals surface area contributed by atoms with Gasteiger partial charge in [-0.1, -0.05) is 68.2 Å². The summed E-state index contributed by atoms with van der Waals surface area (Å²) in [7, 11) is 0. The van der Waals surface area contributed by atoms with Crippen LogP contribution in [-0.4, -0.2) is 16.9 Å². The number of aliphatic imine (C=N–C) groups is 1. The molecule has 2 unspecified atom stereocenters. The number of benzene rings is 1. The van der Waals surface area contributed by atoms with Crippen LogP contribution in [0.5, 0.6) is 0 Å². The zero-order chi connectivity index (χ0) is 21.6. The molecule has 4 nitrogen and oxygen atoms in total. The van der Waals surface area contributed by atoms with E-state index in [0.29, 0.717) is 17.2 Å². The third-order valence-corrected chi connectivity index (χ3v) is 4.80. The largest absolute Gasteiger partial charge is 0.452 e. The van der Waals surface area contributed by atoms with Gasteiger partial charge in [-0.3, -0.25) is 0 Å². The number of rotatable bonds is 8. The van der Waals surface area contributed by atoms with Gasteiger partial charge in [0.1, 0.15) is 10.7 Å². The van der Waals surface area contributed by atoms with Gasteiger partial charge in [-0.25, -0.2) is 4.99 Å². The second-order valence-electron chi connectivity index (χ2n) is 7.15. The molecule has 3 N–H and O–H groups in total. The van der Waals surface area contributed by atoms with Crippen LogP contribution >= 0.6 is 12.2 Å². The Morgan fingerprint density at radius 3 is 2.45 bits per heavy atom. The minimum absolute atomic E-state index is 0.0340. The zero-order valence-corrected chi connectivity index (χ0v) is 18.3. The Morgan fingerprint density at radius 2 is 1.90 bits per heavy atom. The van der Waals surface area contributed by atoms with Crippen LogP contribution in [0.15, 0.2) is 71.1 Å². The van der Waals surface area contributed by atoms with Crippen molar-refractivity contribution in [3.8, 4) is 0 Å². The van der Waals surface area contributed by atoms with Crippen LogP contribution in [0.4, 0.5) is 5.69 Å². The molecule has 0 saturated carbocycles.